The summed E-state index contributed by atoms with van der Waals surface area (Å²) in [6.45, 7) is 2.06. The Labute approximate surface area is 130 Å². The Morgan fingerprint density at radius 3 is 2.91 bits per heavy atom. The highest BCUT2D eigenvalue weighted by atomic mass is 16.5. The topological polar surface area (TPSA) is 50.4 Å². The number of carbonyl (C=O) groups is 1. The highest BCUT2D eigenvalue weighted by Gasteiger charge is 2.17. The van der Waals surface area contributed by atoms with E-state index in [0.29, 0.717) is 25.6 Å². The molecule has 1 fully saturated rings. The number of hydrogen-bond donors (Lipinski definition) is 2. The Kier molecular flexibility index (Phi) is 4.91. The Bertz CT molecular complexity index is 636. The van der Waals surface area contributed by atoms with Crippen LogP contribution >= 0.6 is 0 Å². The summed E-state index contributed by atoms with van der Waals surface area (Å²) in [6.07, 6.45) is 2.83. The van der Waals surface area contributed by atoms with Crippen LogP contribution in [0.25, 0.3) is 10.8 Å². The van der Waals surface area contributed by atoms with Gasteiger partial charge in [-0.15, -0.1) is 0 Å². The van der Waals surface area contributed by atoms with E-state index in [0.717, 1.165) is 24.1 Å². The summed E-state index contributed by atoms with van der Waals surface area (Å²) in [4.78, 5) is 11.8. The van der Waals surface area contributed by atoms with Gasteiger partial charge >= 0.3 is 0 Å². The van der Waals surface area contributed by atoms with Crippen LogP contribution in [-0.2, 0) is 4.79 Å². The van der Waals surface area contributed by atoms with E-state index in [-0.39, 0.29) is 5.91 Å². The van der Waals surface area contributed by atoms with Crippen LogP contribution in [0.5, 0.6) is 5.75 Å². The summed E-state index contributed by atoms with van der Waals surface area (Å²) in [6, 6.07) is 14.6. The van der Waals surface area contributed by atoms with Gasteiger partial charge in [0.05, 0.1) is 6.54 Å². The molecule has 22 heavy (non-hydrogen) atoms. The highest BCUT2D eigenvalue weighted by Crippen LogP contribution is 2.20. The Morgan fingerprint density at radius 2 is 2.09 bits per heavy atom. The van der Waals surface area contributed by atoms with E-state index in [4.69, 9.17) is 4.74 Å². The zero-order chi connectivity index (χ0) is 15.2. The van der Waals surface area contributed by atoms with Crippen molar-refractivity contribution in [3.05, 3.63) is 42.5 Å². The maximum atomic E-state index is 11.8. The number of benzene rings is 2. The molecule has 1 saturated heterocycles. The van der Waals surface area contributed by atoms with Crippen LogP contribution in [0, 0.1) is 0 Å². The lowest BCUT2D eigenvalue weighted by Crippen LogP contribution is -2.33. The predicted octanol–water partition coefficient (Wildman–Crippen LogP) is 2.48. The van der Waals surface area contributed by atoms with Gasteiger partial charge in [0, 0.05) is 12.5 Å². The molecule has 4 heteroatoms. The second-order valence-corrected chi connectivity index (χ2v) is 5.70. The molecule has 3 rings (SSSR count). The number of nitrogens with one attached hydrogen (secondary N) is 2. The summed E-state index contributed by atoms with van der Waals surface area (Å²) in [5.41, 5.74) is 0. The molecule has 1 aliphatic rings. The first kappa shape index (κ1) is 14.9. The van der Waals surface area contributed by atoms with Crippen molar-refractivity contribution in [2.24, 2.45) is 0 Å². The monoisotopic (exact) mass is 298 g/mol. The normalized spacial score (nSPS) is 17.5. The van der Waals surface area contributed by atoms with Crippen molar-refractivity contribution in [1.82, 2.24) is 10.6 Å². The van der Waals surface area contributed by atoms with Gasteiger partial charge in [-0.1, -0.05) is 30.3 Å². The molecule has 1 aliphatic heterocycles. The third-order valence-electron chi connectivity index (χ3n) is 4.01. The lowest BCUT2D eigenvalue weighted by atomic mass is 10.1. The first-order valence-corrected chi connectivity index (χ1v) is 7.93. The molecule has 2 aromatic rings. The second-order valence-electron chi connectivity index (χ2n) is 5.70. The van der Waals surface area contributed by atoms with Crippen LogP contribution in [-0.4, -0.2) is 31.6 Å². The summed E-state index contributed by atoms with van der Waals surface area (Å²) >= 11 is 0. The van der Waals surface area contributed by atoms with Gasteiger partial charge in [0.1, 0.15) is 12.4 Å². The molecule has 0 spiro atoms. The molecular weight excluding hydrogens is 276 g/mol. The second kappa shape index (κ2) is 7.27. The van der Waals surface area contributed by atoms with E-state index in [1.54, 1.807) is 0 Å². The minimum atomic E-state index is 0.0986. The van der Waals surface area contributed by atoms with Crippen LogP contribution in [0.15, 0.2) is 42.5 Å². The first-order valence-electron chi connectivity index (χ1n) is 7.93. The lowest BCUT2D eigenvalue weighted by molar-refractivity contribution is -0.121. The van der Waals surface area contributed by atoms with Crippen LogP contribution in [0.1, 0.15) is 19.3 Å². The summed E-state index contributed by atoms with van der Waals surface area (Å²) in [5.74, 6) is 0.937. The van der Waals surface area contributed by atoms with Crippen molar-refractivity contribution in [2.45, 2.75) is 25.3 Å². The van der Waals surface area contributed by atoms with Crippen LogP contribution in [0.3, 0.4) is 0 Å². The van der Waals surface area contributed by atoms with E-state index in [9.17, 15) is 4.79 Å². The van der Waals surface area contributed by atoms with Gasteiger partial charge < -0.3 is 15.4 Å². The number of rotatable bonds is 6. The quantitative estimate of drug-likeness (QED) is 0.806. The molecule has 2 aromatic carbocycles. The molecule has 0 aromatic heterocycles. The molecule has 0 aliphatic carbocycles. The average molecular weight is 298 g/mol. The molecule has 0 saturated carbocycles. The molecule has 0 radical (unpaired) electrons. The average Bonchev–Trinajstić information content (AvgIpc) is 3.04. The molecule has 1 unspecified atom stereocenters. The predicted molar refractivity (Wildman–Crippen MR) is 88.1 cm³/mol. The van der Waals surface area contributed by atoms with Gasteiger partial charge in [0.2, 0.25) is 5.91 Å². The maximum Gasteiger partial charge on any atom is 0.221 e. The van der Waals surface area contributed by atoms with E-state index < -0.39 is 0 Å². The zero-order valence-corrected chi connectivity index (χ0v) is 12.7. The summed E-state index contributed by atoms with van der Waals surface area (Å²) in [5, 5.41) is 8.61. The molecule has 1 heterocycles. The van der Waals surface area contributed by atoms with Gasteiger partial charge in [0.15, 0.2) is 0 Å². The maximum absolute atomic E-state index is 11.8. The zero-order valence-electron chi connectivity index (χ0n) is 12.7. The molecule has 2 N–H and O–H groups in total. The number of fused-ring (bicyclic) bond motifs is 1. The number of ether oxygens (including phenoxy) is 1. The Balaban J connectivity index is 1.41. The fourth-order valence-corrected chi connectivity index (χ4v) is 2.84. The lowest BCUT2D eigenvalue weighted by Gasteiger charge is -2.11. The van der Waals surface area contributed by atoms with E-state index in [2.05, 4.69) is 28.8 Å². The summed E-state index contributed by atoms with van der Waals surface area (Å²) < 4.78 is 5.70. The van der Waals surface area contributed by atoms with Gasteiger partial charge in [-0.05, 0) is 42.3 Å². The van der Waals surface area contributed by atoms with E-state index in [1.807, 2.05) is 24.3 Å². The van der Waals surface area contributed by atoms with Gasteiger partial charge in [-0.25, -0.2) is 0 Å². The number of carbonyl (C=O) groups excluding carboxylic acids is 1. The third kappa shape index (κ3) is 3.98. The Hall–Kier alpha value is -2.07. The minimum Gasteiger partial charge on any atom is -0.492 e. The molecule has 1 atom stereocenters. The largest absolute Gasteiger partial charge is 0.492 e. The molecule has 1 amide bonds. The van der Waals surface area contributed by atoms with E-state index >= 15 is 0 Å². The standard InChI is InChI=1S/C18H22N2O2/c21-18(13-16-6-3-9-19-16)20-10-11-22-17-8-7-14-4-1-2-5-15(14)12-17/h1-2,4-5,7-8,12,16,19H,3,6,9-11,13H2,(H,20,21). The third-order valence-corrected chi connectivity index (χ3v) is 4.01. The molecule has 4 nitrogen and oxygen atoms in total. The highest BCUT2D eigenvalue weighted by molar-refractivity contribution is 5.83. The van der Waals surface area contributed by atoms with Crippen LogP contribution in [0.4, 0.5) is 0 Å². The molecule has 116 valence electrons. The van der Waals surface area contributed by atoms with Crippen molar-refractivity contribution in [3.8, 4) is 5.75 Å². The van der Waals surface area contributed by atoms with Crippen molar-refractivity contribution in [2.75, 3.05) is 19.7 Å². The van der Waals surface area contributed by atoms with Crippen LogP contribution in [0.2, 0.25) is 0 Å². The van der Waals surface area contributed by atoms with Crippen molar-refractivity contribution in [3.63, 3.8) is 0 Å². The molecule has 0 bridgehead atoms. The smallest absolute Gasteiger partial charge is 0.221 e. The van der Waals surface area contributed by atoms with Crippen molar-refractivity contribution in [1.29, 1.82) is 0 Å². The van der Waals surface area contributed by atoms with E-state index in [1.165, 1.54) is 11.8 Å². The van der Waals surface area contributed by atoms with Crippen molar-refractivity contribution < 1.29 is 9.53 Å². The fraction of sp³-hybridized carbons (Fsp3) is 0.389. The SMILES string of the molecule is O=C(CC1CCCN1)NCCOc1ccc2ccccc2c1. The number of amides is 1. The van der Waals surface area contributed by atoms with Crippen LogP contribution < -0.4 is 15.4 Å². The number of hydrogen-bond acceptors (Lipinski definition) is 3. The minimum absolute atomic E-state index is 0.0986. The summed E-state index contributed by atoms with van der Waals surface area (Å²) in [7, 11) is 0. The van der Waals surface area contributed by atoms with Crippen molar-refractivity contribution >= 4 is 16.7 Å². The Morgan fingerprint density at radius 1 is 1.23 bits per heavy atom. The fourth-order valence-electron chi connectivity index (χ4n) is 2.84. The first-order chi connectivity index (χ1) is 10.8. The van der Waals surface area contributed by atoms with Gasteiger partial charge in [-0.3, -0.25) is 4.79 Å². The van der Waals surface area contributed by atoms with Gasteiger partial charge in [0.25, 0.3) is 0 Å². The van der Waals surface area contributed by atoms with Gasteiger partial charge in [-0.2, -0.15) is 0 Å². The molecular formula is C18H22N2O2.